The average molecular weight is 282 g/mol. The summed E-state index contributed by atoms with van der Waals surface area (Å²) in [4.78, 5) is 13.3. The fourth-order valence-corrected chi connectivity index (χ4v) is 2.72. The van der Waals surface area contributed by atoms with Crippen molar-refractivity contribution in [2.75, 3.05) is 6.26 Å². The quantitative estimate of drug-likeness (QED) is 0.600. The van der Waals surface area contributed by atoms with E-state index < -0.39 is 8.32 Å². The van der Waals surface area contributed by atoms with Crippen LogP contribution in [-0.2, 0) is 4.43 Å². The van der Waals surface area contributed by atoms with Crippen LogP contribution in [0.2, 0.25) is 18.1 Å². The molecular formula is C14H22O2SSi. The van der Waals surface area contributed by atoms with E-state index in [0.29, 0.717) is 5.56 Å². The molecule has 0 fully saturated rings. The highest BCUT2D eigenvalue weighted by Gasteiger charge is 2.40. The van der Waals surface area contributed by atoms with Crippen LogP contribution in [0, 0.1) is 0 Å². The van der Waals surface area contributed by atoms with E-state index in [2.05, 4.69) is 33.9 Å². The van der Waals surface area contributed by atoms with Crippen LogP contribution < -0.4 is 0 Å². The highest BCUT2D eigenvalue weighted by atomic mass is 32.2. The van der Waals surface area contributed by atoms with Gasteiger partial charge in [0.15, 0.2) is 0 Å². The third kappa shape index (κ3) is 3.39. The smallest absolute Gasteiger partial charge is 0.325 e. The summed E-state index contributed by atoms with van der Waals surface area (Å²) in [5.41, 5.74) is 0.676. The van der Waals surface area contributed by atoms with Crippen LogP contribution >= 0.6 is 11.8 Å². The van der Waals surface area contributed by atoms with Crippen LogP contribution in [0.4, 0.5) is 0 Å². The maximum absolute atomic E-state index is 12.3. The minimum atomic E-state index is -2.05. The van der Waals surface area contributed by atoms with E-state index in [4.69, 9.17) is 4.43 Å². The van der Waals surface area contributed by atoms with Gasteiger partial charge >= 0.3 is 5.97 Å². The molecule has 0 bridgehead atoms. The van der Waals surface area contributed by atoms with Gasteiger partial charge in [0.05, 0.1) is 5.56 Å². The van der Waals surface area contributed by atoms with E-state index in [0.717, 1.165) is 4.90 Å². The Morgan fingerprint density at radius 3 is 2.28 bits per heavy atom. The van der Waals surface area contributed by atoms with Crippen LogP contribution in [0.3, 0.4) is 0 Å². The van der Waals surface area contributed by atoms with Gasteiger partial charge in [0, 0.05) is 4.90 Å². The zero-order chi connectivity index (χ0) is 14.0. The SMILES string of the molecule is CSc1ccccc1C(=O)O[Si](C)(C)C(C)(C)C. The molecule has 0 aromatic heterocycles. The van der Waals surface area contributed by atoms with Gasteiger partial charge in [0.2, 0.25) is 0 Å². The van der Waals surface area contributed by atoms with Crippen molar-refractivity contribution in [1.82, 2.24) is 0 Å². The minimum Gasteiger partial charge on any atom is -0.516 e. The van der Waals surface area contributed by atoms with Crippen molar-refractivity contribution < 1.29 is 9.22 Å². The molecule has 0 N–H and O–H groups in total. The minimum absolute atomic E-state index is 0.0387. The number of thioether (sulfide) groups is 1. The van der Waals surface area contributed by atoms with Gasteiger partial charge < -0.3 is 4.43 Å². The monoisotopic (exact) mass is 282 g/mol. The van der Waals surface area contributed by atoms with Gasteiger partial charge in [0.1, 0.15) is 0 Å². The summed E-state index contributed by atoms with van der Waals surface area (Å²) >= 11 is 1.57. The van der Waals surface area contributed by atoms with E-state index >= 15 is 0 Å². The number of benzene rings is 1. The number of carbonyl (C=O) groups is 1. The highest BCUT2D eigenvalue weighted by molar-refractivity contribution is 7.98. The molecule has 18 heavy (non-hydrogen) atoms. The number of carbonyl (C=O) groups excluding carboxylic acids is 1. The lowest BCUT2D eigenvalue weighted by Crippen LogP contribution is -2.42. The highest BCUT2D eigenvalue weighted by Crippen LogP contribution is 2.37. The zero-order valence-corrected chi connectivity index (χ0v) is 13.9. The third-order valence-electron chi connectivity index (χ3n) is 3.48. The Morgan fingerprint density at radius 2 is 1.78 bits per heavy atom. The van der Waals surface area contributed by atoms with Gasteiger partial charge in [0.25, 0.3) is 8.32 Å². The molecule has 2 nitrogen and oxygen atoms in total. The molecular weight excluding hydrogens is 260 g/mol. The first kappa shape index (κ1) is 15.3. The van der Waals surface area contributed by atoms with Crippen LogP contribution in [0.15, 0.2) is 29.2 Å². The Morgan fingerprint density at radius 1 is 1.22 bits per heavy atom. The molecule has 0 aliphatic carbocycles. The van der Waals surface area contributed by atoms with Gasteiger partial charge in [-0.05, 0) is 36.5 Å². The molecule has 0 atom stereocenters. The van der Waals surface area contributed by atoms with Crippen molar-refractivity contribution in [1.29, 1.82) is 0 Å². The molecule has 0 saturated heterocycles. The van der Waals surface area contributed by atoms with E-state index in [1.807, 2.05) is 30.5 Å². The van der Waals surface area contributed by atoms with Crippen LogP contribution in [0.25, 0.3) is 0 Å². The Hall–Kier alpha value is -0.743. The number of hydrogen-bond donors (Lipinski definition) is 0. The van der Waals surface area contributed by atoms with Crippen molar-refractivity contribution in [3.63, 3.8) is 0 Å². The van der Waals surface area contributed by atoms with Gasteiger partial charge in [-0.15, -0.1) is 11.8 Å². The fraction of sp³-hybridized carbons (Fsp3) is 0.500. The average Bonchev–Trinajstić information content (AvgIpc) is 2.26. The first-order chi connectivity index (χ1) is 8.19. The van der Waals surface area contributed by atoms with Crippen LogP contribution in [0.5, 0.6) is 0 Å². The maximum Gasteiger partial charge on any atom is 0.325 e. The molecule has 0 spiro atoms. The zero-order valence-electron chi connectivity index (χ0n) is 12.0. The standard InChI is InChI=1S/C14H22O2SSi/c1-14(2,3)18(5,6)16-13(15)11-9-7-8-10-12(11)17-4/h7-10H,1-6H3. The predicted molar refractivity (Wildman–Crippen MR) is 80.8 cm³/mol. The van der Waals surface area contributed by atoms with Gasteiger partial charge in [-0.3, -0.25) is 0 Å². The second-order valence-electron chi connectivity index (χ2n) is 5.85. The molecule has 100 valence electrons. The summed E-state index contributed by atoms with van der Waals surface area (Å²) in [5.74, 6) is -0.188. The van der Waals surface area contributed by atoms with E-state index in [1.165, 1.54) is 0 Å². The summed E-state index contributed by atoms with van der Waals surface area (Å²) < 4.78 is 5.82. The molecule has 1 aromatic rings. The predicted octanol–water partition coefficient (Wildman–Crippen LogP) is 4.57. The Bertz CT molecular complexity index is 436. The van der Waals surface area contributed by atoms with Crippen LogP contribution in [0.1, 0.15) is 31.1 Å². The van der Waals surface area contributed by atoms with E-state index in [-0.39, 0.29) is 11.0 Å². The maximum atomic E-state index is 12.3. The Kier molecular flexibility index (Phi) is 4.67. The molecule has 0 aliphatic rings. The fourth-order valence-electron chi connectivity index (χ4n) is 1.25. The summed E-state index contributed by atoms with van der Waals surface area (Å²) in [6.07, 6.45) is 1.97. The van der Waals surface area contributed by atoms with Crippen molar-refractivity contribution in [3.05, 3.63) is 29.8 Å². The van der Waals surface area contributed by atoms with Crippen molar-refractivity contribution in [2.24, 2.45) is 0 Å². The summed E-state index contributed by atoms with van der Waals surface area (Å²) in [5, 5.41) is 0.0387. The van der Waals surface area contributed by atoms with Crippen LogP contribution in [-0.4, -0.2) is 20.5 Å². The molecule has 4 heteroatoms. The number of hydrogen-bond acceptors (Lipinski definition) is 3. The molecule has 0 saturated carbocycles. The summed E-state index contributed by atoms with van der Waals surface area (Å²) in [6.45, 7) is 10.6. The first-order valence-corrected chi connectivity index (χ1v) is 10.2. The Balaban J connectivity index is 2.96. The topological polar surface area (TPSA) is 26.3 Å². The molecule has 0 aliphatic heterocycles. The van der Waals surface area contributed by atoms with Gasteiger partial charge in [-0.2, -0.15) is 0 Å². The Labute approximate surface area is 115 Å². The molecule has 0 radical (unpaired) electrons. The normalized spacial score (nSPS) is 12.3. The van der Waals surface area contributed by atoms with Gasteiger partial charge in [-0.25, -0.2) is 4.79 Å². The molecule has 0 heterocycles. The van der Waals surface area contributed by atoms with Gasteiger partial charge in [-0.1, -0.05) is 32.9 Å². The molecule has 0 unspecified atom stereocenters. The van der Waals surface area contributed by atoms with Crippen molar-refractivity contribution >= 4 is 26.0 Å². The molecule has 0 amide bonds. The van der Waals surface area contributed by atoms with E-state index in [9.17, 15) is 4.79 Å². The third-order valence-corrected chi connectivity index (χ3v) is 8.58. The lowest BCUT2D eigenvalue weighted by atomic mass is 10.2. The summed E-state index contributed by atoms with van der Waals surface area (Å²) in [7, 11) is -2.05. The largest absolute Gasteiger partial charge is 0.516 e. The van der Waals surface area contributed by atoms with E-state index in [1.54, 1.807) is 11.8 Å². The molecule has 1 rings (SSSR count). The summed E-state index contributed by atoms with van der Waals surface area (Å²) in [6, 6.07) is 7.60. The lowest BCUT2D eigenvalue weighted by molar-refractivity contribution is 0.0709. The van der Waals surface area contributed by atoms with Crippen molar-refractivity contribution in [2.45, 2.75) is 43.8 Å². The second kappa shape index (κ2) is 5.49. The van der Waals surface area contributed by atoms with Crippen molar-refractivity contribution in [3.8, 4) is 0 Å². The number of rotatable bonds is 3. The lowest BCUT2D eigenvalue weighted by Gasteiger charge is -2.35. The second-order valence-corrected chi connectivity index (χ2v) is 11.4. The first-order valence-electron chi connectivity index (χ1n) is 6.05. The molecule has 1 aromatic carbocycles.